The molecule has 0 fully saturated rings. The number of alkyl halides is 3. The highest BCUT2D eigenvalue weighted by atomic mass is 35.5. The summed E-state index contributed by atoms with van der Waals surface area (Å²) in [5, 5.41) is 10.5. The fourth-order valence-corrected chi connectivity index (χ4v) is 4.25. The summed E-state index contributed by atoms with van der Waals surface area (Å²) in [6.07, 6.45) is -4.94. The van der Waals surface area contributed by atoms with Crippen LogP contribution in [0, 0.1) is 11.8 Å². The normalized spacial score (nSPS) is 12.5. The van der Waals surface area contributed by atoms with Crippen LogP contribution >= 0.6 is 11.6 Å². The summed E-state index contributed by atoms with van der Waals surface area (Å²) >= 11 is 6.13. The van der Waals surface area contributed by atoms with Crippen LogP contribution in [0.3, 0.4) is 0 Å². The van der Waals surface area contributed by atoms with Crippen LogP contribution in [-0.4, -0.2) is 23.1 Å². The Morgan fingerprint density at radius 1 is 1.03 bits per heavy atom. The van der Waals surface area contributed by atoms with Crippen LogP contribution in [-0.2, 0) is 12.7 Å². The van der Waals surface area contributed by atoms with Crippen molar-refractivity contribution in [3.05, 3.63) is 63.0 Å². The van der Waals surface area contributed by atoms with Gasteiger partial charge in [0.05, 0.1) is 16.5 Å². The van der Waals surface area contributed by atoms with Gasteiger partial charge in [-0.1, -0.05) is 57.5 Å². The van der Waals surface area contributed by atoms with Crippen LogP contribution in [0.1, 0.15) is 39.0 Å². The van der Waals surface area contributed by atoms with Gasteiger partial charge in [-0.2, -0.15) is 13.2 Å². The minimum absolute atomic E-state index is 0.00805. The van der Waals surface area contributed by atoms with Gasteiger partial charge in [0.25, 0.3) is 0 Å². The van der Waals surface area contributed by atoms with Gasteiger partial charge in [-0.15, -0.1) is 0 Å². The van der Waals surface area contributed by atoms with Crippen molar-refractivity contribution in [1.29, 1.82) is 0 Å². The van der Waals surface area contributed by atoms with Crippen molar-refractivity contribution in [2.24, 2.45) is 11.8 Å². The summed E-state index contributed by atoms with van der Waals surface area (Å²) in [5.74, 6) is -1.06. The molecule has 0 bridgehead atoms. The molecule has 0 aliphatic rings. The Balaban J connectivity index is 2.30. The first-order valence-electron chi connectivity index (χ1n) is 10.8. The van der Waals surface area contributed by atoms with Gasteiger partial charge in [-0.05, 0) is 30.0 Å². The molecule has 4 nitrogen and oxygen atoms in total. The number of halogens is 4. The predicted molar refractivity (Wildman–Crippen MR) is 125 cm³/mol. The molecule has 1 aromatic heterocycles. The quantitative estimate of drug-likeness (QED) is 0.396. The zero-order chi connectivity index (χ0) is 24.5. The monoisotopic (exact) mass is 481 g/mol. The molecule has 0 spiro atoms. The number of phenols is 1. The number of fused-ring (bicyclic) bond motifs is 1. The third kappa shape index (κ3) is 5.53. The van der Waals surface area contributed by atoms with Gasteiger partial charge in [-0.3, -0.25) is 9.69 Å². The molecular formula is C25H27ClF3NO3. The lowest BCUT2D eigenvalue weighted by Crippen LogP contribution is -2.31. The molecule has 0 aliphatic carbocycles. The maximum Gasteiger partial charge on any atom is 0.450 e. The summed E-state index contributed by atoms with van der Waals surface area (Å²) in [4.78, 5) is 15.4. The molecule has 8 heteroatoms. The Kier molecular flexibility index (Phi) is 7.44. The molecule has 0 unspecified atom stereocenters. The van der Waals surface area contributed by atoms with Crippen molar-refractivity contribution in [2.75, 3.05) is 13.1 Å². The Morgan fingerprint density at radius 2 is 1.64 bits per heavy atom. The van der Waals surface area contributed by atoms with E-state index in [-0.39, 0.29) is 39.4 Å². The number of benzene rings is 2. The van der Waals surface area contributed by atoms with E-state index in [0.717, 1.165) is 0 Å². The SMILES string of the molecule is CC(C)CN(Cc1c(O)ccc2c(=O)c(-c3ccccc3Cl)c(C(F)(F)F)oc12)CC(C)C. The Hall–Kier alpha value is -2.51. The predicted octanol–water partition coefficient (Wildman–Crippen LogP) is 6.95. The van der Waals surface area contributed by atoms with Crippen molar-refractivity contribution in [2.45, 2.75) is 40.4 Å². The lowest BCUT2D eigenvalue weighted by Gasteiger charge is -2.27. The number of phenolic OH excluding ortho intramolecular Hbond substituents is 1. The smallest absolute Gasteiger partial charge is 0.450 e. The van der Waals surface area contributed by atoms with Crippen LogP contribution in [0.4, 0.5) is 13.2 Å². The van der Waals surface area contributed by atoms with E-state index in [9.17, 15) is 23.1 Å². The third-order valence-electron chi connectivity index (χ3n) is 5.17. The number of rotatable bonds is 7. The molecule has 0 radical (unpaired) electrons. The number of hydrogen-bond donors (Lipinski definition) is 1. The summed E-state index contributed by atoms with van der Waals surface area (Å²) in [6, 6.07) is 8.44. The minimum Gasteiger partial charge on any atom is -0.507 e. The van der Waals surface area contributed by atoms with Gasteiger partial charge in [0.2, 0.25) is 11.2 Å². The average Bonchev–Trinajstić information content (AvgIpc) is 2.69. The van der Waals surface area contributed by atoms with Crippen molar-refractivity contribution in [3.63, 3.8) is 0 Å². The van der Waals surface area contributed by atoms with Crippen molar-refractivity contribution < 1.29 is 22.7 Å². The van der Waals surface area contributed by atoms with Gasteiger partial charge >= 0.3 is 6.18 Å². The largest absolute Gasteiger partial charge is 0.507 e. The second-order valence-corrected chi connectivity index (χ2v) is 9.44. The van der Waals surface area contributed by atoms with Crippen molar-refractivity contribution in [1.82, 2.24) is 4.90 Å². The maximum absolute atomic E-state index is 14.1. The summed E-state index contributed by atoms with van der Waals surface area (Å²) in [7, 11) is 0. The second kappa shape index (κ2) is 9.77. The lowest BCUT2D eigenvalue weighted by atomic mass is 9.99. The maximum atomic E-state index is 14.1. The van der Waals surface area contributed by atoms with Crippen molar-refractivity contribution in [3.8, 4) is 16.9 Å². The number of aromatic hydroxyl groups is 1. The molecule has 33 heavy (non-hydrogen) atoms. The van der Waals surface area contributed by atoms with Gasteiger partial charge in [-0.25, -0.2) is 0 Å². The second-order valence-electron chi connectivity index (χ2n) is 9.03. The molecule has 0 saturated carbocycles. The average molecular weight is 482 g/mol. The van der Waals surface area contributed by atoms with Gasteiger partial charge in [0, 0.05) is 30.2 Å². The van der Waals surface area contributed by atoms with Crippen LogP contribution in [0.25, 0.3) is 22.1 Å². The van der Waals surface area contributed by atoms with Crippen molar-refractivity contribution >= 4 is 22.6 Å². The zero-order valence-corrected chi connectivity index (χ0v) is 19.7. The molecule has 0 saturated heterocycles. The molecule has 1 N–H and O–H groups in total. The van der Waals surface area contributed by atoms with E-state index in [2.05, 4.69) is 0 Å². The molecule has 2 aromatic carbocycles. The highest BCUT2D eigenvalue weighted by molar-refractivity contribution is 6.33. The standard InChI is InChI=1S/C25H27ClF3NO3/c1-14(2)11-30(12-15(3)4)13-18-20(31)10-9-17-22(32)21(16-7-5-6-8-19(16)26)24(25(27,28)29)33-23(17)18/h5-10,14-15,31H,11-13H2,1-4H3. The molecule has 1 heterocycles. The molecule has 178 valence electrons. The van der Waals surface area contributed by atoms with E-state index < -0.39 is 22.9 Å². The van der Waals surface area contributed by atoms with E-state index >= 15 is 0 Å². The van der Waals surface area contributed by atoms with E-state index in [1.165, 1.54) is 30.3 Å². The molecule has 3 rings (SSSR count). The van der Waals surface area contributed by atoms with E-state index in [4.69, 9.17) is 16.0 Å². The van der Waals surface area contributed by atoms with Crippen LogP contribution in [0.15, 0.2) is 45.6 Å². The Morgan fingerprint density at radius 3 is 2.18 bits per heavy atom. The van der Waals surface area contributed by atoms with Crippen LogP contribution < -0.4 is 5.43 Å². The third-order valence-corrected chi connectivity index (χ3v) is 5.50. The summed E-state index contributed by atoms with van der Waals surface area (Å²) in [5.41, 5.74) is -1.66. The number of nitrogens with zero attached hydrogens (tertiary/aromatic N) is 1. The van der Waals surface area contributed by atoms with Gasteiger partial charge in [0.15, 0.2) is 0 Å². The first kappa shape index (κ1) is 25.1. The molecule has 3 aromatic rings. The van der Waals surface area contributed by atoms with Crippen LogP contribution in [0.2, 0.25) is 5.02 Å². The topological polar surface area (TPSA) is 53.7 Å². The highest BCUT2D eigenvalue weighted by Gasteiger charge is 2.40. The fraction of sp³-hybridized carbons (Fsp3) is 0.400. The zero-order valence-electron chi connectivity index (χ0n) is 19.0. The summed E-state index contributed by atoms with van der Waals surface area (Å²) in [6.45, 7) is 9.62. The van der Waals surface area contributed by atoms with E-state index in [0.29, 0.717) is 24.9 Å². The molecule has 0 atom stereocenters. The lowest BCUT2D eigenvalue weighted by molar-refractivity contribution is -0.152. The summed E-state index contributed by atoms with van der Waals surface area (Å²) < 4.78 is 47.6. The Bertz CT molecular complexity index is 1190. The first-order valence-corrected chi connectivity index (χ1v) is 11.1. The van der Waals surface area contributed by atoms with Gasteiger partial charge in [0.1, 0.15) is 11.3 Å². The van der Waals surface area contributed by atoms with E-state index in [1.807, 2.05) is 32.6 Å². The molecule has 0 aliphatic heterocycles. The highest BCUT2D eigenvalue weighted by Crippen LogP contribution is 2.41. The molecular weight excluding hydrogens is 455 g/mol. The van der Waals surface area contributed by atoms with Crippen LogP contribution in [0.5, 0.6) is 5.75 Å². The number of hydrogen-bond acceptors (Lipinski definition) is 4. The molecule has 0 amide bonds. The van der Waals surface area contributed by atoms with E-state index in [1.54, 1.807) is 6.07 Å². The minimum atomic E-state index is -4.94. The Labute approximate surface area is 195 Å². The van der Waals surface area contributed by atoms with Gasteiger partial charge < -0.3 is 9.52 Å². The first-order chi connectivity index (χ1) is 15.4. The fourth-order valence-electron chi connectivity index (χ4n) is 4.02.